The van der Waals surface area contributed by atoms with Gasteiger partial charge >= 0.3 is 0 Å². The number of nitrogens with one attached hydrogen (secondary N) is 1. The van der Waals surface area contributed by atoms with Crippen molar-refractivity contribution in [2.24, 2.45) is 0 Å². The fourth-order valence-electron chi connectivity index (χ4n) is 3.61. The number of fused-ring (bicyclic) bond motifs is 1. The van der Waals surface area contributed by atoms with Crippen molar-refractivity contribution in [2.45, 2.75) is 45.7 Å². The van der Waals surface area contributed by atoms with Gasteiger partial charge in [0.25, 0.3) is 0 Å². The zero-order valence-electron chi connectivity index (χ0n) is 15.4. The van der Waals surface area contributed by atoms with Crippen LogP contribution in [0.1, 0.15) is 45.1 Å². The van der Waals surface area contributed by atoms with Crippen molar-refractivity contribution in [3.63, 3.8) is 0 Å². The SMILES string of the molecule is CCc1c(C(C)NCC(C)(C)N2CCOCC2)oc2ccccc12. The molecule has 1 atom stereocenters. The van der Waals surface area contributed by atoms with E-state index < -0.39 is 0 Å². The fraction of sp³-hybridized carbons (Fsp3) is 0.600. The molecular formula is C20H30N2O2. The highest BCUT2D eigenvalue weighted by Crippen LogP contribution is 2.30. The Bertz CT molecular complexity index is 671. The van der Waals surface area contributed by atoms with Gasteiger partial charge in [-0.05, 0) is 33.3 Å². The van der Waals surface area contributed by atoms with Crippen molar-refractivity contribution in [3.8, 4) is 0 Å². The zero-order chi connectivity index (χ0) is 17.2. The number of rotatable bonds is 6. The van der Waals surface area contributed by atoms with Crippen LogP contribution in [0.5, 0.6) is 0 Å². The van der Waals surface area contributed by atoms with Crippen LogP contribution < -0.4 is 5.32 Å². The predicted molar refractivity (Wildman–Crippen MR) is 98.5 cm³/mol. The first kappa shape index (κ1) is 17.5. The van der Waals surface area contributed by atoms with Crippen molar-refractivity contribution in [1.82, 2.24) is 10.2 Å². The average Bonchev–Trinajstić information content (AvgIpc) is 2.99. The Morgan fingerprint density at radius 2 is 1.92 bits per heavy atom. The van der Waals surface area contributed by atoms with Crippen molar-refractivity contribution in [2.75, 3.05) is 32.8 Å². The van der Waals surface area contributed by atoms with E-state index in [1.54, 1.807) is 0 Å². The van der Waals surface area contributed by atoms with Crippen LogP contribution in [-0.4, -0.2) is 43.3 Å². The Hall–Kier alpha value is -1.36. The fourth-order valence-corrected chi connectivity index (χ4v) is 3.61. The molecule has 132 valence electrons. The van der Waals surface area contributed by atoms with Crippen molar-refractivity contribution in [1.29, 1.82) is 0 Å². The molecule has 1 N–H and O–H groups in total. The van der Waals surface area contributed by atoms with Gasteiger partial charge in [0.1, 0.15) is 11.3 Å². The van der Waals surface area contributed by atoms with E-state index in [-0.39, 0.29) is 11.6 Å². The van der Waals surface area contributed by atoms with Gasteiger partial charge in [0.15, 0.2) is 0 Å². The summed E-state index contributed by atoms with van der Waals surface area (Å²) in [6, 6.07) is 8.54. The number of ether oxygens (including phenoxy) is 1. The first-order valence-electron chi connectivity index (χ1n) is 9.09. The molecule has 1 saturated heterocycles. The molecule has 0 radical (unpaired) electrons. The summed E-state index contributed by atoms with van der Waals surface area (Å²) in [5.41, 5.74) is 2.43. The molecule has 4 heteroatoms. The molecule has 0 aliphatic carbocycles. The van der Waals surface area contributed by atoms with E-state index in [0.717, 1.165) is 50.6 Å². The van der Waals surface area contributed by atoms with E-state index in [1.165, 1.54) is 10.9 Å². The maximum atomic E-state index is 6.17. The molecule has 1 aliphatic heterocycles. The Morgan fingerprint density at radius 1 is 1.21 bits per heavy atom. The van der Waals surface area contributed by atoms with Gasteiger partial charge in [-0.3, -0.25) is 4.90 Å². The van der Waals surface area contributed by atoms with Crippen LogP contribution in [-0.2, 0) is 11.2 Å². The number of hydrogen-bond donors (Lipinski definition) is 1. The Kier molecular flexibility index (Phi) is 5.28. The summed E-state index contributed by atoms with van der Waals surface area (Å²) in [5, 5.41) is 4.94. The Labute approximate surface area is 145 Å². The smallest absolute Gasteiger partial charge is 0.134 e. The molecule has 2 heterocycles. The summed E-state index contributed by atoms with van der Waals surface area (Å²) in [6.07, 6.45) is 0.991. The van der Waals surface area contributed by atoms with Crippen molar-refractivity contribution >= 4 is 11.0 Å². The highest BCUT2D eigenvalue weighted by molar-refractivity contribution is 5.82. The minimum absolute atomic E-state index is 0.108. The van der Waals surface area contributed by atoms with E-state index in [2.05, 4.69) is 56.1 Å². The maximum absolute atomic E-state index is 6.17. The minimum Gasteiger partial charge on any atom is -0.459 e. The van der Waals surface area contributed by atoms with Crippen molar-refractivity contribution in [3.05, 3.63) is 35.6 Å². The molecule has 3 rings (SSSR count). The lowest BCUT2D eigenvalue weighted by atomic mass is 10.0. The number of hydrogen-bond acceptors (Lipinski definition) is 4. The molecule has 0 bridgehead atoms. The third kappa shape index (κ3) is 3.51. The van der Waals surface area contributed by atoms with Crippen LogP contribution in [0.4, 0.5) is 0 Å². The number of para-hydroxylation sites is 1. The monoisotopic (exact) mass is 330 g/mol. The molecule has 0 saturated carbocycles. The highest BCUT2D eigenvalue weighted by Gasteiger charge is 2.29. The highest BCUT2D eigenvalue weighted by atomic mass is 16.5. The van der Waals surface area contributed by atoms with Crippen LogP contribution >= 0.6 is 0 Å². The van der Waals surface area contributed by atoms with E-state index in [4.69, 9.17) is 9.15 Å². The molecule has 24 heavy (non-hydrogen) atoms. The lowest BCUT2D eigenvalue weighted by Gasteiger charge is -2.41. The van der Waals surface area contributed by atoms with E-state index >= 15 is 0 Å². The first-order valence-corrected chi connectivity index (χ1v) is 9.09. The first-order chi connectivity index (χ1) is 11.5. The van der Waals surface area contributed by atoms with Gasteiger partial charge < -0.3 is 14.5 Å². The third-order valence-electron chi connectivity index (χ3n) is 5.18. The van der Waals surface area contributed by atoms with Crippen LogP contribution in [0.15, 0.2) is 28.7 Å². The summed E-state index contributed by atoms with van der Waals surface area (Å²) in [6.45, 7) is 13.6. The number of aryl methyl sites for hydroxylation is 1. The molecule has 0 spiro atoms. The number of furan rings is 1. The largest absolute Gasteiger partial charge is 0.459 e. The second-order valence-corrected chi connectivity index (χ2v) is 7.31. The number of nitrogens with zero attached hydrogens (tertiary/aromatic N) is 1. The lowest BCUT2D eigenvalue weighted by Crippen LogP contribution is -2.54. The van der Waals surface area contributed by atoms with E-state index in [0.29, 0.717) is 0 Å². The van der Waals surface area contributed by atoms with Gasteiger partial charge in [0.2, 0.25) is 0 Å². The standard InChI is InChI=1S/C20H30N2O2/c1-5-16-17-8-6-7-9-18(17)24-19(16)15(2)21-14-20(3,4)22-10-12-23-13-11-22/h6-9,15,21H,5,10-14H2,1-4H3. The quantitative estimate of drug-likeness (QED) is 0.875. The summed E-state index contributed by atoms with van der Waals surface area (Å²) < 4.78 is 11.6. The summed E-state index contributed by atoms with van der Waals surface area (Å²) >= 11 is 0. The average molecular weight is 330 g/mol. The second-order valence-electron chi connectivity index (χ2n) is 7.31. The second kappa shape index (κ2) is 7.26. The Morgan fingerprint density at radius 3 is 2.62 bits per heavy atom. The molecular weight excluding hydrogens is 300 g/mol. The topological polar surface area (TPSA) is 37.6 Å². The predicted octanol–water partition coefficient (Wildman–Crippen LogP) is 3.76. The van der Waals surface area contributed by atoms with Gasteiger partial charge in [-0.1, -0.05) is 25.1 Å². The van der Waals surface area contributed by atoms with Crippen LogP contribution in [0.3, 0.4) is 0 Å². The molecule has 1 aromatic carbocycles. The normalized spacial score (nSPS) is 18.2. The van der Waals surface area contributed by atoms with Crippen LogP contribution in [0, 0.1) is 0 Å². The summed E-state index contributed by atoms with van der Waals surface area (Å²) in [4.78, 5) is 2.51. The maximum Gasteiger partial charge on any atom is 0.134 e. The molecule has 4 nitrogen and oxygen atoms in total. The van der Waals surface area contributed by atoms with Gasteiger partial charge in [0, 0.05) is 36.1 Å². The number of benzene rings is 1. The zero-order valence-corrected chi connectivity index (χ0v) is 15.4. The summed E-state index contributed by atoms with van der Waals surface area (Å²) in [7, 11) is 0. The molecule has 1 unspecified atom stereocenters. The van der Waals surface area contributed by atoms with Crippen LogP contribution in [0.25, 0.3) is 11.0 Å². The molecule has 2 aromatic rings. The van der Waals surface area contributed by atoms with Gasteiger partial charge in [-0.25, -0.2) is 0 Å². The van der Waals surface area contributed by atoms with Gasteiger partial charge in [-0.15, -0.1) is 0 Å². The van der Waals surface area contributed by atoms with E-state index in [1.807, 2.05) is 6.07 Å². The third-order valence-corrected chi connectivity index (χ3v) is 5.18. The van der Waals surface area contributed by atoms with E-state index in [9.17, 15) is 0 Å². The minimum atomic E-state index is 0.108. The van der Waals surface area contributed by atoms with Crippen molar-refractivity contribution < 1.29 is 9.15 Å². The number of morpholine rings is 1. The van der Waals surface area contributed by atoms with Gasteiger partial charge in [0.05, 0.1) is 19.3 Å². The molecule has 1 aliphatic rings. The molecule has 0 amide bonds. The lowest BCUT2D eigenvalue weighted by molar-refractivity contribution is -0.0104. The Balaban J connectivity index is 1.71. The molecule has 1 aromatic heterocycles. The molecule has 1 fully saturated rings. The summed E-state index contributed by atoms with van der Waals surface area (Å²) in [5.74, 6) is 1.08. The van der Waals surface area contributed by atoms with Gasteiger partial charge in [-0.2, -0.15) is 0 Å². The van der Waals surface area contributed by atoms with Crippen LogP contribution in [0.2, 0.25) is 0 Å².